The highest BCUT2D eigenvalue weighted by Gasteiger charge is 2.34. The van der Waals surface area contributed by atoms with Crippen LogP contribution in [0.15, 0.2) is 24.3 Å². The van der Waals surface area contributed by atoms with Gasteiger partial charge in [0.2, 0.25) is 0 Å². The SMILES string of the molecule is Cc1c(C(N)=O)c2ccccc2n1C(C)C1CCN(CC(F)(F)F)CC1. The fraction of sp³-hybridized carbons (Fsp3) is 0.526. The molecule has 1 unspecified atom stereocenters. The lowest BCUT2D eigenvalue weighted by molar-refractivity contribution is -0.149. The summed E-state index contributed by atoms with van der Waals surface area (Å²) in [5, 5.41) is 0.832. The van der Waals surface area contributed by atoms with Gasteiger partial charge in [0.05, 0.1) is 12.1 Å². The first kappa shape index (κ1) is 18.8. The summed E-state index contributed by atoms with van der Waals surface area (Å²) in [6, 6.07) is 7.73. The maximum absolute atomic E-state index is 12.6. The zero-order chi connectivity index (χ0) is 19.1. The summed E-state index contributed by atoms with van der Waals surface area (Å²) in [5.74, 6) is -0.195. The van der Waals surface area contributed by atoms with Gasteiger partial charge in [-0.1, -0.05) is 18.2 Å². The first-order valence-electron chi connectivity index (χ1n) is 8.87. The molecule has 26 heavy (non-hydrogen) atoms. The lowest BCUT2D eigenvalue weighted by Gasteiger charge is -2.36. The lowest BCUT2D eigenvalue weighted by Crippen LogP contribution is -2.41. The van der Waals surface area contributed by atoms with E-state index in [0.29, 0.717) is 31.5 Å². The number of piperidine rings is 1. The number of benzene rings is 1. The van der Waals surface area contributed by atoms with Crippen LogP contribution in [0, 0.1) is 12.8 Å². The molecule has 0 bridgehead atoms. The third-order valence-corrected chi connectivity index (χ3v) is 5.53. The molecule has 3 rings (SSSR count). The van der Waals surface area contributed by atoms with Crippen molar-refractivity contribution in [1.29, 1.82) is 0 Å². The molecule has 2 aromatic rings. The van der Waals surface area contributed by atoms with Crippen molar-refractivity contribution in [2.75, 3.05) is 19.6 Å². The maximum Gasteiger partial charge on any atom is 0.401 e. The van der Waals surface area contributed by atoms with Gasteiger partial charge in [0.15, 0.2) is 0 Å². The van der Waals surface area contributed by atoms with E-state index >= 15 is 0 Å². The van der Waals surface area contributed by atoms with Crippen LogP contribution in [0.25, 0.3) is 10.9 Å². The van der Waals surface area contributed by atoms with Crippen molar-refractivity contribution in [2.24, 2.45) is 11.7 Å². The lowest BCUT2D eigenvalue weighted by atomic mass is 9.90. The number of para-hydroxylation sites is 1. The minimum atomic E-state index is -4.15. The van der Waals surface area contributed by atoms with Crippen LogP contribution in [0.5, 0.6) is 0 Å². The summed E-state index contributed by atoms with van der Waals surface area (Å²) in [7, 11) is 0. The first-order valence-corrected chi connectivity index (χ1v) is 8.87. The van der Waals surface area contributed by atoms with E-state index in [4.69, 9.17) is 5.73 Å². The summed E-state index contributed by atoms with van der Waals surface area (Å²) in [6.07, 6.45) is -2.74. The minimum absolute atomic E-state index is 0.0843. The predicted octanol–water partition coefficient (Wildman–Crippen LogP) is 3.88. The van der Waals surface area contributed by atoms with Gasteiger partial charge in [0, 0.05) is 22.6 Å². The van der Waals surface area contributed by atoms with Crippen molar-refractivity contribution < 1.29 is 18.0 Å². The highest BCUT2D eigenvalue weighted by molar-refractivity contribution is 6.07. The molecule has 1 aliphatic rings. The number of likely N-dealkylation sites (tertiary alicyclic amines) is 1. The molecule has 0 saturated carbocycles. The number of carbonyl (C=O) groups excluding carboxylic acids is 1. The normalized spacial score (nSPS) is 18.3. The van der Waals surface area contributed by atoms with Crippen molar-refractivity contribution in [3.8, 4) is 0 Å². The predicted molar refractivity (Wildman–Crippen MR) is 95.1 cm³/mol. The summed E-state index contributed by atoms with van der Waals surface area (Å²) in [6.45, 7) is 4.00. The summed E-state index contributed by atoms with van der Waals surface area (Å²) >= 11 is 0. The Balaban J connectivity index is 1.84. The number of rotatable bonds is 4. The molecule has 142 valence electrons. The Bertz CT molecular complexity index is 804. The molecule has 2 heterocycles. The zero-order valence-corrected chi connectivity index (χ0v) is 15.0. The van der Waals surface area contributed by atoms with Gasteiger partial charge in [-0.3, -0.25) is 9.69 Å². The van der Waals surface area contributed by atoms with Gasteiger partial charge in [0.1, 0.15) is 0 Å². The van der Waals surface area contributed by atoms with Crippen molar-refractivity contribution in [3.05, 3.63) is 35.5 Å². The van der Waals surface area contributed by atoms with Crippen molar-refractivity contribution in [3.63, 3.8) is 0 Å². The fourth-order valence-electron chi connectivity index (χ4n) is 4.28. The average molecular weight is 367 g/mol. The smallest absolute Gasteiger partial charge is 0.366 e. The van der Waals surface area contributed by atoms with Crippen LogP contribution < -0.4 is 5.73 Å². The van der Waals surface area contributed by atoms with Gasteiger partial charge >= 0.3 is 6.18 Å². The van der Waals surface area contributed by atoms with Crippen LogP contribution in [0.1, 0.15) is 41.9 Å². The average Bonchev–Trinajstić information content (AvgIpc) is 2.85. The van der Waals surface area contributed by atoms with Crippen LogP contribution in [0.3, 0.4) is 0 Å². The molecule has 1 aliphatic heterocycles. The van der Waals surface area contributed by atoms with E-state index in [1.54, 1.807) is 0 Å². The number of hydrogen-bond acceptors (Lipinski definition) is 2. The van der Waals surface area contributed by atoms with Crippen LogP contribution in [0.2, 0.25) is 0 Å². The molecule has 1 amide bonds. The molecular weight excluding hydrogens is 343 g/mol. The molecule has 0 radical (unpaired) electrons. The molecule has 1 aromatic carbocycles. The maximum atomic E-state index is 12.6. The number of nitrogens with two attached hydrogens (primary N) is 1. The Kier molecular flexibility index (Phi) is 5.01. The molecule has 0 spiro atoms. The van der Waals surface area contributed by atoms with E-state index in [0.717, 1.165) is 16.6 Å². The summed E-state index contributed by atoms with van der Waals surface area (Å²) in [4.78, 5) is 13.4. The van der Waals surface area contributed by atoms with E-state index in [1.807, 2.05) is 31.2 Å². The third kappa shape index (κ3) is 3.58. The van der Waals surface area contributed by atoms with E-state index in [9.17, 15) is 18.0 Å². The Morgan fingerprint density at radius 2 is 1.88 bits per heavy atom. The minimum Gasteiger partial charge on any atom is -0.366 e. The number of primary amides is 1. The molecule has 4 nitrogen and oxygen atoms in total. The number of hydrogen-bond donors (Lipinski definition) is 1. The molecule has 1 atom stereocenters. The Labute approximate surface area is 150 Å². The number of halogens is 3. The van der Waals surface area contributed by atoms with Crippen LogP contribution in [-0.2, 0) is 0 Å². The molecule has 1 fully saturated rings. The van der Waals surface area contributed by atoms with E-state index < -0.39 is 18.6 Å². The zero-order valence-electron chi connectivity index (χ0n) is 15.0. The van der Waals surface area contributed by atoms with Crippen LogP contribution in [0.4, 0.5) is 13.2 Å². The quantitative estimate of drug-likeness (QED) is 0.891. The Morgan fingerprint density at radius 3 is 2.46 bits per heavy atom. The van der Waals surface area contributed by atoms with Crippen LogP contribution in [-0.4, -0.2) is 41.2 Å². The summed E-state index contributed by atoms with van der Waals surface area (Å²) in [5.41, 5.74) is 7.88. The van der Waals surface area contributed by atoms with E-state index in [2.05, 4.69) is 11.5 Å². The number of fused-ring (bicyclic) bond motifs is 1. The second-order valence-electron chi connectivity index (χ2n) is 7.18. The molecular formula is C19H24F3N3O. The second-order valence-corrected chi connectivity index (χ2v) is 7.18. The van der Waals surface area contributed by atoms with Gasteiger partial charge in [-0.2, -0.15) is 13.2 Å². The molecule has 0 aliphatic carbocycles. The third-order valence-electron chi connectivity index (χ3n) is 5.53. The van der Waals surface area contributed by atoms with Crippen molar-refractivity contribution in [1.82, 2.24) is 9.47 Å². The van der Waals surface area contributed by atoms with E-state index in [1.165, 1.54) is 4.90 Å². The first-order chi connectivity index (χ1) is 12.2. The molecule has 7 heteroatoms. The standard InChI is InChI=1S/C19H24F3N3O/c1-12(14-7-9-24(10-8-14)11-19(20,21)22)25-13(2)17(18(23)26)15-5-3-4-6-16(15)25/h3-6,12,14H,7-11H2,1-2H3,(H2,23,26). The van der Waals surface area contributed by atoms with Crippen LogP contribution >= 0.6 is 0 Å². The van der Waals surface area contributed by atoms with Crippen molar-refractivity contribution in [2.45, 2.75) is 38.9 Å². The Morgan fingerprint density at radius 1 is 1.27 bits per heavy atom. The van der Waals surface area contributed by atoms with Gasteiger partial charge in [-0.25, -0.2) is 0 Å². The number of amides is 1. The summed E-state index contributed by atoms with van der Waals surface area (Å²) < 4.78 is 39.9. The molecule has 1 aromatic heterocycles. The largest absolute Gasteiger partial charge is 0.401 e. The van der Waals surface area contributed by atoms with Crippen molar-refractivity contribution >= 4 is 16.8 Å². The highest BCUT2D eigenvalue weighted by atomic mass is 19.4. The number of carbonyl (C=O) groups is 1. The van der Waals surface area contributed by atoms with Gasteiger partial charge < -0.3 is 10.3 Å². The highest BCUT2D eigenvalue weighted by Crippen LogP contribution is 2.35. The number of aromatic nitrogens is 1. The van der Waals surface area contributed by atoms with Gasteiger partial charge in [-0.05, 0) is 51.8 Å². The van der Waals surface area contributed by atoms with Gasteiger partial charge in [0.25, 0.3) is 5.91 Å². The molecule has 2 N–H and O–H groups in total. The number of nitrogens with zero attached hydrogens (tertiary/aromatic N) is 2. The fourth-order valence-corrected chi connectivity index (χ4v) is 4.28. The Hall–Kier alpha value is -2.02. The van der Waals surface area contributed by atoms with E-state index in [-0.39, 0.29) is 12.0 Å². The number of alkyl halides is 3. The second kappa shape index (κ2) is 6.95. The van der Waals surface area contributed by atoms with Gasteiger partial charge in [-0.15, -0.1) is 0 Å². The topological polar surface area (TPSA) is 51.3 Å². The molecule has 1 saturated heterocycles. The monoisotopic (exact) mass is 367 g/mol.